The highest BCUT2D eigenvalue weighted by molar-refractivity contribution is 5.78. The number of rotatable bonds is 0. The Bertz CT molecular complexity index is 164. The van der Waals surface area contributed by atoms with Gasteiger partial charge in [-0.2, -0.15) is 4.79 Å². The van der Waals surface area contributed by atoms with Crippen molar-refractivity contribution in [2.75, 3.05) is 0 Å². The summed E-state index contributed by atoms with van der Waals surface area (Å²) >= 11 is 0. The quantitative estimate of drug-likeness (QED) is 0.474. The van der Waals surface area contributed by atoms with Crippen LogP contribution in [0.15, 0.2) is 0 Å². The van der Waals surface area contributed by atoms with Crippen molar-refractivity contribution >= 4 is 18.1 Å². The highest BCUT2D eigenvalue weighted by Crippen LogP contribution is 2.01. The van der Waals surface area contributed by atoms with Crippen molar-refractivity contribution < 1.29 is 33.9 Å². The summed E-state index contributed by atoms with van der Waals surface area (Å²) in [6.45, 7) is 0. The topological polar surface area (TPSA) is 88.1 Å². The van der Waals surface area contributed by atoms with Crippen LogP contribution in [-0.2, 0) is 29.1 Å². The van der Waals surface area contributed by atoms with Crippen LogP contribution in [0.3, 0.4) is 0 Å². The molecule has 66 valence electrons. The van der Waals surface area contributed by atoms with Crippen molar-refractivity contribution in [3.05, 3.63) is 0 Å². The lowest BCUT2D eigenvalue weighted by atomic mass is 10.3. The molecule has 1 aliphatic rings. The molecular formula is C5H4O7. The van der Waals surface area contributed by atoms with E-state index in [2.05, 4.69) is 19.6 Å². The lowest BCUT2D eigenvalue weighted by Gasteiger charge is -1.96. The first-order valence-corrected chi connectivity index (χ1v) is 2.97. The van der Waals surface area contributed by atoms with Gasteiger partial charge in [0.15, 0.2) is 0 Å². The lowest BCUT2D eigenvalue weighted by molar-refractivity contribution is -0.288. The molecule has 0 aromatic heterocycles. The molecule has 0 radical (unpaired) electrons. The number of carbonyl (C=O) groups is 3. The van der Waals surface area contributed by atoms with Crippen molar-refractivity contribution in [1.29, 1.82) is 0 Å². The first kappa shape index (κ1) is 8.31. The molecule has 7 heteroatoms. The molecule has 1 fully saturated rings. The van der Waals surface area contributed by atoms with Crippen molar-refractivity contribution in [1.82, 2.24) is 0 Å². The highest BCUT2D eigenvalue weighted by Gasteiger charge is 2.19. The van der Waals surface area contributed by atoms with Gasteiger partial charge in [-0.25, -0.2) is 29.1 Å². The van der Waals surface area contributed by atoms with E-state index in [0.717, 1.165) is 0 Å². The van der Waals surface area contributed by atoms with Crippen molar-refractivity contribution in [3.8, 4) is 0 Å². The van der Waals surface area contributed by atoms with Gasteiger partial charge >= 0.3 is 18.1 Å². The van der Waals surface area contributed by atoms with Gasteiger partial charge in [0, 0.05) is 0 Å². The fourth-order valence-electron chi connectivity index (χ4n) is 0.462. The van der Waals surface area contributed by atoms with Gasteiger partial charge in [0.05, 0.1) is 12.8 Å². The van der Waals surface area contributed by atoms with Gasteiger partial charge in [0.1, 0.15) is 0 Å². The van der Waals surface area contributed by atoms with Crippen LogP contribution in [0.2, 0.25) is 0 Å². The molecular weight excluding hydrogens is 172 g/mol. The van der Waals surface area contributed by atoms with E-state index in [1.54, 1.807) is 0 Å². The summed E-state index contributed by atoms with van der Waals surface area (Å²) in [6, 6.07) is 0. The van der Waals surface area contributed by atoms with Gasteiger partial charge < -0.3 is 0 Å². The standard InChI is InChI=1S/C5H4O7/c6-3-1-2-4(7)10-12-5(8)11-9-3/h1-2H2. The number of hydrogen-bond acceptors (Lipinski definition) is 7. The Balaban J connectivity index is 2.52. The molecule has 0 atom stereocenters. The predicted molar refractivity (Wildman–Crippen MR) is 29.0 cm³/mol. The molecule has 7 nitrogen and oxygen atoms in total. The zero-order chi connectivity index (χ0) is 8.97. The lowest BCUT2D eigenvalue weighted by Crippen LogP contribution is -2.10. The normalized spacial score (nSPS) is 18.8. The van der Waals surface area contributed by atoms with Gasteiger partial charge in [0.25, 0.3) is 0 Å². The first-order chi connectivity index (χ1) is 5.68. The van der Waals surface area contributed by atoms with E-state index >= 15 is 0 Å². The number of hydrogen-bond donors (Lipinski definition) is 0. The Labute approximate surface area is 66.0 Å². The van der Waals surface area contributed by atoms with Gasteiger partial charge in [-0.3, -0.25) is 0 Å². The van der Waals surface area contributed by atoms with Gasteiger partial charge in [-0.1, -0.05) is 0 Å². The molecule has 0 aromatic rings. The van der Waals surface area contributed by atoms with E-state index in [1.807, 2.05) is 0 Å². The van der Waals surface area contributed by atoms with Gasteiger partial charge in [-0.05, 0) is 0 Å². The van der Waals surface area contributed by atoms with Crippen LogP contribution in [-0.4, -0.2) is 18.1 Å². The van der Waals surface area contributed by atoms with Crippen LogP contribution in [0.5, 0.6) is 0 Å². The average Bonchev–Trinajstić information content (AvgIpc) is 2.11. The van der Waals surface area contributed by atoms with Gasteiger partial charge in [-0.15, -0.1) is 0 Å². The minimum Gasteiger partial charge on any atom is -0.247 e. The third-order valence-corrected chi connectivity index (χ3v) is 0.939. The Morgan fingerprint density at radius 3 is 1.58 bits per heavy atom. The summed E-state index contributed by atoms with van der Waals surface area (Å²) < 4.78 is 0. The van der Waals surface area contributed by atoms with E-state index in [-0.39, 0.29) is 12.8 Å². The Morgan fingerprint density at radius 2 is 1.17 bits per heavy atom. The second-order valence-corrected chi connectivity index (χ2v) is 1.83. The fraction of sp³-hybridized carbons (Fsp3) is 0.400. The molecule has 1 rings (SSSR count). The van der Waals surface area contributed by atoms with E-state index in [9.17, 15) is 14.4 Å². The monoisotopic (exact) mass is 176 g/mol. The average molecular weight is 176 g/mol. The third-order valence-electron chi connectivity index (χ3n) is 0.939. The van der Waals surface area contributed by atoms with Crippen LogP contribution in [0, 0.1) is 0 Å². The van der Waals surface area contributed by atoms with Crippen molar-refractivity contribution in [2.45, 2.75) is 12.8 Å². The summed E-state index contributed by atoms with van der Waals surface area (Å²) in [5, 5.41) is 0. The molecule has 1 aliphatic heterocycles. The van der Waals surface area contributed by atoms with E-state index < -0.39 is 18.1 Å². The summed E-state index contributed by atoms with van der Waals surface area (Å²) in [4.78, 5) is 46.5. The summed E-state index contributed by atoms with van der Waals surface area (Å²) in [7, 11) is 0. The molecule has 0 spiro atoms. The molecule has 0 aliphatic carbocycles. The summed E-state index contributed by atoms with van der Waals surface area (Å²) in [5.74, 6) is -1.68. The second-order valence-electron chi connectivity index (χ2n) is 1.83. The molecule has 1 saturated heterocycles. The van der Waals surface area contributed by atoms with E-state index in [0.29, 0.717) is 0 Å². The number of carbonyl (C=O) groups excluding carboxylic acids is 3. The maximum Gasteiger partial charge on any atom is 0.591 e. The minimum absolute atomic E-state index is 0.227. The summed E-state index contributed by atoms with van der Waals surface area (Å²) in [5.41, 5.74) is 0. The molecule has 0 unspecified atom stereocenters. The van der Waals surface area contributed by atoms with E-state index in [1.165, 1.54) is 0 Å². The Morgan fingerprint density at radius 1 is 0.750 bits per heavy atom. The fourth-order valence-corrected chi connectivity index (χ4v) is 0.462. The second kappa shape index (κ2) is 3.56. The van der Waals surface area contributed by atoms with Crippen LogP contribution in [0.25, 0.3) is 0 Å². The third kappa shape index (κ3) is 2.45. The van der Waals surface area contributed by atoms with Gasteiger partial charge in [0.2, 0.25) is 0 Å². The molecule has 12 heavy (non-hydrogen) atoms. The zero-order valence-electron chi connectivity index (χ0n) is 5.77. The van der Waals surface area contributed by atoms with Crippen LogP contribution in [0.4, 0.5) is 4.79 Å². The maximum atomic E-state index is 10.5. The van der Waals surface area contributed by atoms with Crippen LogP contribution in [0.1, 0.15) is 12.8 Å². The van der Waals surface area contributed by atoms with Crippen LogP contribution >= 0.6 is 0 Å². The van der Waals surface area contributed by atoms with Crippen molar-refractivity contribution in [3.63, 3.8) is 0 Å². The largest absolute Gasteiger partial charge is 0.591 e. The molecule has 0 bridgehead atoms. The molecule has 0 aromatic carbocycles. The molecule has 0 saturated carbocycles. The van der Waals surface area contributed by atoms with E-state index in [4.69, 9.17) is 0 Å². The molecule has 1 heterocycles. The Hall–Kier alpha value is -1.79. The SMILES string of the molecule is O=C1CCC(=O)OOC(=O)OO1. The maximum absolute atomic E-state index is 10.5. The smallest absolute Gasteiger partial charge is 0.247 e. The minimum atomic E-state index is -1.40. The summed E-state index contributed by atoms with van der Waals surface area (Å²) in [6.07, 6.45) is -1.86. The Kier molecular flexibility index (Phi) is 2.46. The van der Waals surface area contributed by atoms with Crippen LogP contribution < -0.4 is 0 Å². The highest BCUT2D eigenvalue weighted by atomic mass is 17.3. The molecule has 0 N–H and O–H groups in total. The zero-order valence-corrected chi connectivity index (χ0v) is 5.77. The van der Waals surface area contributed by atoms with Crippen molar-refractivity contribution in [2.24, 2.45) is 0 Å². The predicted octanol–water partition coefficient (Wildman–Crippen LogP) is -0.150. The first-order valence-electron chi connectivity index (χ1n) is 2.97. The molecule has 0 amide bonds.